The van der Waals surface area contributed by atoms with Crippen LogP contribution in [0.2, 0.25) is 0 Å². The van der Waals surface area contributed by atoms with Crippen molar-refractivity contribution in [3.63, 3.8) is 0 Å². The zero-order chi connectivity index (χ0) is 19.5. The first kappa shape index (κ1) is 19.0. The van der Waals surface area contributed by atoms with Crippen molar-refractivity contribution in [3.05, 3.63) is 22.7 Å². The summed E-state index contributed by atoms with van der Waals surface area (Å²) in [6, 6.07) is 2.60. The van der Waals surface area contributed by atoms with Gasteiger partial charge in [-0.3, -0.25) is 4.79 Å². The predicted octanol–water partition coefficient (Wildman–Crippen LogP) is 2.11. The highest BCUT2D eigenvalue weighted by Gasteiger charge is 2.23. The van der Waals surface area contributed by atoms with Crippen molar-refractivity contribution < 1.29 is 4.79 Å². The molecular formula is C20H30N6O2. The first-order valence-corrected chi connectivity index (χ1v) is 10.7. The molecule has 0 bridgehead atoms. The van der Waals surface area contributed by atoms with Crippen LogP contribution >= 0.6 is 0 Å². The fourth-order valence-electron chi connectivity index (χ4n) is 4.54. The summed E-state index contributed by atoms with van der Waals surface area (Å²) in [6.45, 7) is 3.12. The monoisotopic (exact) mass is 386 g/mol. The van der Waals surface area contributed by atoms with Gasteiger partial charge in [0.05, 0.1) is 0 Å². The highest BCUT2D eigenvalue weighted by Crippen LogP contribution is 2.24. The van der Waals surface area contributed by atoms with Crippen LogP contribution in [-0.2, 0) is 11.3 Å². The SMILES string of the molecule is CCC1CCCCN1c1ccn2c(=O)n(CC(=O)NC3CCCCC3)nc2n1. The number of hydrogen-bond donors (Lipinski definition) is 1. The number of carbonyl (C=O) groups is 1. The second kappa shape index (κ2) is 8.32. The zero-order valence-corrected chi connectivity index (χ0v) is 16.6. The smallest absolute Gasteiger partial charge is 0.352 e. The molecular weight excluding hydrogens is 356 g/mol. The summed E-state index contributed by atoms with van der Waals surface area (Å²) in [5, 5.41) is 7.36. The lowest BCUT2D eigenvalue weighted by Gasteiger charge is -2.36. The summed E-state index contributed by atoms with van der Waals surface area (Å²) in [5.41, 5.74) is -0.321. The van der Waals surface area contributed by atoms with E-state index in [9.17, 15) is 9.59 Å². The van der Waals surface area contributed by atoms with Crippen LogP contribution in [0.1, 0.15) is 64.7 Å². The van der Waals surface area contributed by atoms with Gasteiger partial charge in [-0.1, -0.05) is 26.2 Å². The van der Waals surface area contributed by atoms with Gasteiger partial charge < -0.3 is 10.2 Å². The fourth-order valence-corrected chi connectivity index (χ4v) is 4.54. The Morgan fingerprint density at radius 2 is 1.96 bits per heavy atom. The van der Waals surface area contributed by atoms with Crippen LogP contribution in [0.4, 0.5) is 5.82 Å². The normalized spacial score (nSPS) is 21.2. The van der Waals surface area contributed by atoms with Crippen LogP contribution in [0.15, 0.2) is 17.1 Å². The second-order valence-corrected chi connectivity index (χ2v) is 8.05. The molecule has 0 radical (unpaired) electrons. The Balaban J connectivity index is 1.51. The lowest BCUT2D eigenvalue weighted by molar-refractivity contribution is -0.122. The summed E-state index contributed by atoms with van der Waals surface area (Å²) in [6.07, 6.45) is 12.0. The topological polar surface area (TPSA) is 84.5 Å². The van der Waals surface area contributed by atoms with Crippen molar-refractivity contribution in [2.45, 2.75) is 83.3 Å². The van der Waals surface area contributed by atoms with Crippen LogP contribution in [-0.4, -0.2) is 43.7 Å². The number of carbonyl (C=O) groups excluding carboxylic acids is 1. The average Bonchev–Trinajstić information content (AvgIpc) is 3.03. The summed E-state index contributed by atoms with van der Waals surface area (Å²) >= 11 is 0. The molecule has 0 aromatic carbocycles. The minimum Gasteiger partial charge on any atom is -0.353 e. The minimum absolute atomic E-state index is 0.0602. The van der Waals surface area contributed by atoms with Gasteiger partial charge in [0.15, 0.2) is 0 Å². The molecule has 1 aliphatic carbocycles. The average molecular weight is 387 g/mol. The second-order valence-electron chi connectivity index (χ2n) is 8.05. The van der Waals surface area contributed by atoms with Gasteiger partial charge in [0.25, 0.3) is 5.78 Å². The number of hydrogen-bond acceptors (Lipinski definition) is 5. The number of amides is 1. The summed E-state index contributed by atoms with van der Waals surface area (Å²) in [5.74, 6) is 1.07. The summed E-state index contributed by atoms with van der Waals surface area (Å²) in [7, 11) is 0. The van der Waals surface area contributed by atoms with Gasteiger partial charge in [0, 0.05) is 24.8 Å². The minimum atomic E-state index is -0.321. The van der Waals surface area contributed by atoms with E-state index < -0.39 is 0 Å². The van der Waals surface area contributed by atoms with Gasteiger partial charge >= 0.3 is 5.69 Å². The van der Waals surface area contributed by atoms with Crippen LogP contribution in [0.25, 0.3) is 5.78 Å². The Hall–Kier alpha value is -2.38. The molecule has 2 aromatic rings. The van der Waals surface area contributed by atoms with Crippen LogP contribution in [0.3, 0.4) is 0 Å². The molecule has 8 heteroatoms. The van der Waals surface area contributed by atoms with E-state index in [1.807, 2.05) is 6.07 Å². The lowest BCUT2D eigenvalue weighted by Crippen LogP contribution is -2.40. The van der Waals surface area contributed by atoms with Crippen LogP contribution in [0.5, 0.6) is 0 Å². The van der Waals surface area contributed by atoms with Gasteiger partial charge in [-0.25, -0.2) is 13.9 Å². The van der Waals surface area contributed by atoms with E-state index in [4.69, 9.17) is 0 Å². The standard InChI is InChI=1S/C20H30N6O2/c1-2-16-10-6-7-12-24(16)17-11-13-25-19(22-17)23-26(20(25)28)14-18(27)21-15-8-4-3-5-9-15/h11,13,15-16H,2-10,12,14H2,1H3,(H,21,27). The maximum Gasteiger partial charge on any atom is 0.352 e. The van der Waals surface area contributed by atoms with Gasteiger partial charge in [-0.05, 0) is 44.6 Å². The molecule has 3 heterocycles. The molecule has 152 valence electrons. The molecule has 1 aliphatic heterocycles. The zero-order valence-electron chi connectivity index (χ0n) is 16.6. The maximum absolute atomic E-state index is 12.6. The number of aromatic nitrogens is 4. The molecule has 1 unspecified atom stereocenters. The highest BCUT2D eigenvalue weighted by molar-refractivity contribution is 5.76. The van der Waals surface area contributed by atoms with E-state index in [1.54, 1.807) is 6.20 Å². The van der Waals surface area contributed by atoms with E-state index in [0.29, 0.717) is 11.8 Å². The maximum atomic E-state index is 12.6. The van der Waals surface area contributed by atoms with Crippen molar-refractivity contribution in [2.75, 3.05) is 11.4 Å². The molecule has 1 saturated heterocycles. The molecule has 2 aliphatic rings. The predicted molar refractivity (Wildman–Crippen MR) is 108 cm³/mol. The van der Waals surface area contributed by atoms with Gasteiger partial charge in [-0.2, -0.15) is 4.98 Å². The molecule has 1 N–H and O–H groups in total. The molecule has 2 fully saturated rings. The summed E-state index contributed by atoms with van der Waals surface area (Å²) in [4.78, 5) is 31.9. The van der Waals surface area contributed by atoms with E-state index in [0.717, 1.165) is 50.9 Å². The fraction of sp³-hybridized carbons (Fsp3) is 0.700. The van der Waals surface area contributed by atoms with E-state index >= 15 is 0 Å². The number of nitrogens with one attached hydrogen (secondary N) is 1. The van der Waals surface area contributed by atoms with Crippen molar-refractivity contribution in [3.8, 4) is 0 Å². The van der Waals surface area contributed by atoms with Gasteiger partial charge in [-0.15, -0.1) is 5.10 Å². The third-order valence-electron chi connectivity index (χ3n) is 6.10. The number of anilines is 1. The Morgan fingerprint density at radius 1 is 1.18 bits per heavy atom. The van der Waals surface area contributed by atoms with Crippen molar-refractivity contribution in [2.24, 2.45) is 0 Å². The van der Waals surface area contributed by atoms with Crippen LogP contribution in [0, 0.1) is 0 Å². The number of fused-ring (bicyclic) bond motifs is 1. The van der Waals surface area contributed by atoms with E-state index in [2.05, 4.69) is 27.2 Å². The molecule has 8 nitrogen and oxygen atoms in total. The number of nitrogens with zero attached hydrogens (tertiary/aromatic N) is 5. The first-order valence-electron chi connectivity index (χ1n) is 10.7. The molecule has 1 amide bonds. The molecule has 28 heavy (non-hydrogen) atoms. The van der Waals surface area contributed by atoms with E-state index in [-0.39, 0.29) is 24.2 Å². The largest absolute Gasteiger partial charge is 0.353 e. The molecule has 1 saturated carbocycles. The Kier molecular flexibility index (Phi) is 5.64. The first-order chi connectivity index (χ1) is 13.7. The third kappa shape index (κ3) is 3.91. The van der Waals surface area contributed by atoms with Crippen molar-refractivity contribution >= 4 is 17.5 Å². The quantitative estimate of drug-likeness (QED) is 0.851. The van der Waals surface area contributed by atoms with E-state index in [1.165, 1.54) is 28.3 Å². The highest BCUT2D eigenvalue weighted by atomic mass is 16.2. The Labute approximate surface area is 164 Å². The molecule has 4 rings (SSSR count). The molecule has 1 atom stereocenters. The molecule has 2 aromatic heterocycles. The van der Waals surface area contributed by atoms with Gasteiger partial charge in [0.2, 0.25) is 5.91 Å². The van der Waals surface area contributed by atoms with Crippen LogP contribution < -0.4 is 15.9 Å². The van der Waals surface area contributed by atoms with Crippen molar-refractivity contribution in [1.82, 2.24) is 24.5 Å². The Morgan fingerprint density at radius 3 is 2.75 bits per heavy atom. The number of rotatable bonds is 5. The third-order valence-corrected chi connectivity index (χ3v) is 6.10. The summed E-state index contributed by atoms with van der Waals surface area (Å²) < 4.78 is 2.64. The molecule has 0 spiro atoms. The van der Waals surface area contributed by atoms with Gasteiger partial charge in [0.1, 0.15) is 12.4 Å². The van der Waals surface area contributed by atoms with Crippen molar-refractivity contribution in [1.29, 1.82) is 0 Å². The lowest BCUT2D eigenvalue weighted by atomic mass is 9.95. The number of piperidine rings is 1. The Bertz CT molecular complexity index is 882.